The zero-order valence-electron chi connectivity index (χ0n) is 19.2. The number of carbonyl (C=O) groups excluding carboxylic acids is 2. The molecule has 0 saturated carbocycles. The van der Waals surface area contributed by atoms with Crippen molar-refractivity contribution in [2.45, 2.75) is 13.5 Å². The summed E-state index contributed by atoms with van der Waals surface area (Å²) in [6.45, 7) is 4.53. The minimum atomic E-state index is -0.608. The second-order valence-electron chi connectivity index (χ2n) is 7.87. The van der Waals surface area contributed by atoms with E-state index in [9.17, 15) is 9.59 Å². The summed E-state index contributed by atoms with van der Waals surface area (Å²) in [6.07, 6.45) is 0. The molecule has 0 aliphatic carbocycles. The van der Waals surface area contributed by atoms with Crippen LogP contribution in [0.4, 0.5) is 5.69 Å². The SMILES string of the molecule is COc1ccc(N2CCN(C(=O)COC(=O)c3csc(COc4ccc(C)cc4)n3)CC2)cc1. The lowest BCUT2D eigenvalue weighted by Gasteiger charge is -2.36. The van der Waals surface area contributed by atoms with E-state index in [1.807, 2.05) is 55.5 Å². The van der Waals surface area contributed by atoms with Crippen molar-refractivity contribution in [1.82, 2.24) is 9.88 Å². The van der Waals surface area contributed by atoms with Crippen LogP contribution in [-0.2, 0) is 16.1 Å². The number of hydrogen-bond acceptors (Lipinski definition) is 8. The van der Waals surface area contributed by atoms with Gasteiger partial charge in [-0.2, -0.15) is 0 Å². The lowest BCUT2D eigenvalue weighted by Crippen LogP contribution is -2.49. The third-order valence-corrected chi connectivity index (χ3v) is 6.36. The summed E-state index contributed by atoms with van der Waals surface area (Å²) in [6, 6.07) is 15.6. The fourth-order valence-electron chi connectivity index (χ4n) is 3.55. The summed E-state index contributed by atoms with van der Waals surface area (Å²) < 4.78 is 16.1. The third kappa shape index (κ3) is 6.05. The molecule has 3 aromatic rings. The molecule has 4 rings (SSSR count). The number of thiazole rings is 1. The number of hydrogen-bond donors (Lipinski definition) is 0. The van der Waals surface area contributed by atoms with Crippen LogP contribution in [0, 0.1) is 6.92 Å². The normalized spacial score (nSPS) is 13.5. The van der Waals surface area contributed by atoms with Crippen molar-refractivity contribution in [3.05, 3.63) is 70.2 Å². The number of carbonyl (C=O) groups is 2. The molecule has 1 fully saturated rings. The molecule has 1 amide bonds. The number of benzene rings is 2. The summed E-state index contributed by atoms with van der Waals surface area (Å²) in [5.74, 6) is 0.733. The summed E-state index contributed by atoms with van der Waals surface area (Å²) in [7, 11) is 1.64. The van der Waals surface area contributed by atoms with Gasteiger partial charge in [0.1, 0.15) is 23.1 Å². The first-order chi connectivity index (χ1) is 16.5. The van der Waals surface area contributed by atoms with E-state index in [1.165, 1.54) is 11.3 Å². The molecule has 1 saturated heterocycles. The van der Waals surface area contributed by atoms with Gasteiger partial charge in [-0.1, -0.05) is 17.7 Å². The van der Waals surface area contributed by atoms with Crippen LogP contribution in [0.15, 0.2) is 53.9 Å². The number of methoxy groups -OCH3 is 1. The van der Waals surface area contributed by atoms with Crippen LogP contribution >= 0.6 is 11.3 Å². The Morgan fingerprint density at radius 2 is 1.65 bits per heavy atom. The highest BCUT2D eigenvalue weighted by Gasteiger charge is 2.23. The molecule has 8 nitrogen and oxygen atoms in total. The Labute approximate surface area is 202 Å². The summed E-state index contributed by atoms with van der Waals surface area (Å²) in [4.78, 5) is 33.1. The molecule has 1 aromatic heterocycles. The topological polar surface area (TPSA) is 81.2 Å². The number of aryl methyl sites for hydroxylation is 1. The number of aromatic nitrogens is 1. The lowest BCUT2D eigenvalue weighted by molar-refractivity contribution is -0.134. The van der Waals surface area contributed by atoms with E-state index in [-0.39, 0.29) is 24.8 Å². The Morgan fingerprint density at radius 1 is 0.971 bits per heavy atom. The molecule has 0 N–H and O–H groups in total. The van der Waals surface area contributed by atoms with Crippen molar-refractivity contribution in [1.29, 1.82) is 0 Å². The van der Waals surface area contributed by atoms with Crippen molar-refractivity contribution < 1.29 is 23.8 Å². The molecule has 2 aromatic carbocycles. The van der Waals surface area contributed by atoms with Crippen molar-refractivity contribution in [2.24, 2.45) is 0 Å². The Balaban J connectivity index is 1.20. The van der Waals surface area contributed by atoms with Crippen LogP contribution in [0.1, 0.15) is 21.1 Å². The summed E-state index contributed by atoms with van der Waals surface area (Å²) in [5, 5.41) is 2.28. The summed E-state index contributed by atoms with van der Waals surface area (Å²) >= 11 is 1.32. The summed E-state index contributed by atoms with van der Waals surface area (Å²) in [5.41, 5.74) is 2.43. The van der Waals surface area contributed by atoms with Crippen LogP contribution in [0.5, 0.6) is 11.5 Å². The molecule has 1 aliphatic heterocycles. The number of ether oxygens (including phenoxy) is 3. The Bertz CT molecular complexity index is 1110. The van der Waals surface area contributed by atoms with Gasteiger partial charge in [0.2, 0.25) is 0 Å². The maximum absolute atomic E-state index is 12.5. The molecule has 2 heterocycles. The van der Waals surface area contributed by atoms with Crippen LogP contribution in [0.3, 0.4) is 0 Å². The van der Waals surface area contributed by atoms with Crippen LogP contribution < -0.4 is 14.4 Å². The standard InChI is InChI=1S/C25H27N3O5S/c1-18-3-7-21(8-4-18)32-15-23-26-22(17-34-23)25(30)33-16-24(29)28-13-11-27(12-14-28)19-5-9-20(31-2)10-6-19/h3-10,17H,11-16H2,1-2H3. The van der Waals surface area contributed by atoms with Crippen molar-refractivity contribution in [2.75, 3.05) is 44.8 Å². The molecule has 0 spiro atoms. The maximum Gasteiger partial charge on any atom is 0.358 e. The minimum Gasteiger partial charge on any atom is -0.497 e. The number of esters is 1. The second kappa shape index (κ2) is 11.0. The fourth-order valence-corrected chi connectivity index (χ4v) is 4.22. The van der Waals surface area contributed by atoms with Gasteiger partial charge in [0, 0.05) is 37.2 Å². The van der Waals surface area contributed by atoms with E-state index < -0.39 is 5.97 Å². The molecule has 34 heavy (non-hydrogen) atoms. The first kappa shape index (κ1) is 23.6. The minimum absolute atomic E-state index is 0.185. The molecule has 0 unspecified atom stereocenters. The number of amides is 1. The van der Waals surface area contributed by atoms with E-state index in [0.29, 0.717) is 31.2 Å². The molecule has 0 radical (unpaired) electrons. The Hall–Kier alpha value is -3.59. The van der Waals surface area contributed by atoms with Gasteiger partial charge in [0.15, 0.2) is 12.3 Å². The van der Waals surface area contributed by atoms with Crippen molar-refractivity contribution in [3.8, 4) is 11.5 Å². The molecule has 1 aliphatic rings. The highest BCUT2D eigenvalue weighted by molar-refractivity contribution is 7.09. The molecule has 0 bridgehead atoms. The molecule has 178 valence electrons. The highest BCUT2D eigenvalue weighted by Crippen LogP contribution is 2.21. The number of piperazine rings is 1. The maximum atomic E-state index is 12.5. The first-order valence-corrected chi connectivity index (χ1v) is 11.9. The highest BCUT2D eigenvalue weighted by atomic mass is 32.1. The van der Waals surface area contributed by atoms with E-state index in [0.717, 1.165) is 22.7 Å². The number of nitrogens with zero attached hydrogens (tertiary/aromatic N) is 3. The Morgan fingerprint density at radius 3 is 2.32 bits per heavy atom. The molecule has 9 heteroatoms. The van der Waals surface area contributed by atoms with Gasteiger partial charge in [-0.15, -0.1) is 11.3 Å². The van der Waals surface area contributed by atoms with Gasteiger partial charge in [0.05, 0.1) is 7.11 Å². The van der Waals surface area contributed by atoms with Crippen LogP contribution in [0.2, 0.25) is 0 Å². The number of anilines is 1. The first-order valence-electron chi connectivity index (χ1n) is 11.0. The zero-order valence-corrected chi connectivity index (χ0v) is 20.0. The zero-order chi connectivity index (χ0) is 23.9. The van der Waals surface area contributed by atoms with Crippen molar-refractivity contribution in [3.63, 3.8) is 0 Å². The lowest BCUT2D eigenvalue weighted by atomic mass is 10.2. The molecular weight excluding hydrogens is 454 g/mol. The van der Waals surface area contributed by atoms with E-state index in [1.54, 1.807) is 17.4 Å². The molecular formula is C25H27N3O5S. The second-order valence-corrected chi connectivity index (χ2v) is 8.81. The quantitative estimate of drug-likeness (QED) is 0.455. The third-order valence-electron chi connectivity index (χ3n) is 5.54. The molecule has 0 atom stereocenters. The average molecular weight is 482 g/mol. The largest absolute Gasteiger partial charge is 0.497 e. The van der Waals surface area contributed by atoms with Crippen LogP contribution in [-0.4, -0.2) is 61.7 Å². The average Bonchev–Trinajstić information content (AvgIpc) is 3.36. The van der Waals surface area contributed by atoms with Crippen LogP contribution in [0.25, 0.3) is 0 Å². The van der Waals surface area contributed by atoms with Gasteiger partial charge in [-0.05, 0) is 43.3 Å². The monoisotopic (exact) mass is 481 g/mol. The fraction of sp³-hybridized carbons (Fsp3) is 0.320. The van der Waals surface area contributed by atoms with E-state index in [2.05, 4.69) is 9.88 Å². The smallest absolute Gasteiger partial charge is 0.358 e. The van der Waals surface area contributed by atoms with Gasteiger partial charge >= 0.3 is 5.97 Å². The van der Waals surface area contributed by atoms with Gasteiger partial charge < -0.3 is 24.0 Å². The van der Waals surface area contributed by atoms with Crippen molar-refractivity contribution >= 4 is 28.9 Å². The Kier molecular flexibility index (Phi) is 7.64. The van der Waals surface area contributed by atoms with Gasteiger partial charge in [0.25, 0.3) is 5.91 Å². The predicted octanol–water partition coefficient (Wildman–Crippen LogP) is 3.54. The van der Waals surface area contributed by atoms with E-state index >= 15 is 0 Å². The predicted molar refractivity (Wildman–Crippen MR) is 130 cm³/mol. The van der Waals surface area contributed by atoms with Gasteiger partial charge in [-0.3, -0.25) is 4.79 Å². The number of rotatable bonds is 8. The van der Waals surface area contributed by atoms with Gasteiger partial charge in [-0.25, -0.2) is 9.78 Å². The van der Waals surface area contributed by atoms with E-state index in [4.69, 9.17) is 14.2 Å².